The van der Waals surface area contributed by atoms with E-state index in [0.29, 0.717) is 19.5 Å². The molecule has 1 aliphatic heterocycles. The largest absolute Gasteiger partial charge is 0.352 e. The van der Waals surface area contributed by atoms with E-state index < -0.39 is 6.03 Å². The summed E-state index contributed by atoms with van der Waals surface area (Å²) in [5.41, 5.74) is 7.57. The van der Waals surface area contributed by atoms with E-state index in [1.54, 1.807) is 0 Å². The van der Waals surface area contributed by atoms with Crippen LogP contribution in [0.3, 0.4) is 0 Å². The van der Waals surface area contributed by atoms with Gasteiger partial charge in [0, 0.05) is 26.1 Å². The normalized spacial score (nSPS) is 14.3. The number of amides is 3. The average Bonchev–Trinajstić information content (AvgIpc) is 2.58. The molecule has 1 aliphatic rings. The molecule has 0 saturated carbocycles. The SMILES string of the molecule is NC(=O)NCCCCCC(=O)N1CC=C(c2ccccc2)CC1. The quantitative estimate of drug-likeness (QED) is 0.759. The number of hydrogen-bond donors (Lipinski definition) is 2. The Kier molecular flexibility index (Phi) is 6.66. The molecular formula is C18H25N3O2. The van der Waals surface area contributed by atoms with Gasteiger partial charge in [0.15, 0.2) is 0 Å². The Morgan fingerprint density at radius 3 is 2.57 bits per heavy atom. The van der Waals surface area contributed by atoms with Crippen molar-refractivity contribution in [1.29, 1.82) is 0 Å². The monoisotopic (exact) mass is 315 g/mol. The first-order valence-corrected chi connectivity index (χ1v) is 8.22. The molecule has 3 N–H and O–H groups in total. The number of nitrogens with one attached hydrogen (secondary N) is 1. The highest BCUT2D eigenvalue weighted by atomic mass is 16.2. The second-order valence-electron chi connectivity index (χ2n) is 5.79. The molecule has 23 heavy (non-hydrogen) atoms. The van der Waals surface area contributed by atoms with Crippen LogP contribution in [-0.4, -0.2) is 36.5 Å². The van der Waals surface area contributed by atoms with Gasteiger partial charge in [0.05, 0.1) is 0 Å². The zero-order valence-corrected chi connectivity index (χ0v) is 13.5. The van der Waals surface area contributed by atoms with Gasteiger partial charge in [-0.3, -0.25) is 4.79 Å². The molecule has 1 aromatic carbocycles. The van der Waals surface area contributed by atoms with Gasteiger partial charge in [0.25, 0.3) is 0 Å². The number of rotatable bonds is 7. The first-order valence-electron chi connectivity index (χ1n) is 8.22. The fourth-order valence-electron chi connectivity index (χ4n) is 2.76. The number of carbonyl (C=O) groups is 2. The van der Waals surface area contributed by atoms with Crippen LogP contribution in [0, 0.1) is 0 Å². The number of unbranched alkanes of at least 4 members (excludes halogenated alkanes) is 2. The summed E-state index contributed by atoms with van der Waals surface area (Å²) >= 11 is 0. The Balaban J connectivity index is 1.67. The van der Waals surface area contributed by atoms with E-state index in [1.807, 2.05) is 23.1 Å². The van der Waals surface area contributed by atoms with Crippen LogP contribution in [0.2, 0.25) is 0 Å². The van der Waals surface area contributed by atoms with E-state index in [4.69, 9.17) is 5.73 Å². The van der Waals surface area contributed by atoms with E-state index in [2.05, 4.69) is 23.5 Å². The number of primary amides is 1. The van der Waals surface area contributed by atoms with Crippen LogP contribution in [0.15, 0.2) is 36.4 Å². The van der Waals surface area contributed by atoms with Gasteiger partial charge in [0.2, 0.25) is 5.91 Å². The predicted octanol–water partition coefficient (Wildman–Crippen LogP) is 2.53. The van der Waals surface area contributed by atoms with Crippen LogP contribution in [0.4, 0.5) is 4.79 Å². The number of nitrogens with two attached hydrogens (primary N) is 1. The highest BCUT2D eigenvalue weighted by Gasteiger charge is 2.17. The van der Waals surface area contributed by atoms with Gasteiger partial charge in [0.1, 0.15) is 0 Å². The lowest BCUT2D eigenvalue weighted by atomic mass is 9.99. The van der Waals surface area contributed by atoms with E-state index >= 15 is 0 Å². The fraction of sp³-hybridized carbons (Fsp3) is 0.444. The van der Waals surface area contributed by atoms with Crippen LogP contribution >= 0.6 is 0 Å². The van der Waals surface area contributed by atoms with Gasteiger partial charge in [-0.05, 0) is 30.4 Å². The minimum atomic E-state index is -0.490. The average molecular weight is 315 g/mol. The van der Waals surface area contributed by atoms with Crippen molar-refractivity contribution in [3.05, 3.63) is 42.0 Å². The lowest BCUT2D eigenvalue weighted by Crippen LogP contribution is -2.34. The Morgan fingerprint density at radius 2 is 1.91 bits per heavy atom. The highest BCUT2D eigenvalue weighted by Crippen LogP contribution is 2.22. The highest BCUT2D eigenvalue weighted by molar-refractivity contribution is 5.78. The summed E-state index contributed by atoms with van der Waals surface area (Å²) in [5.74, 6) is 0.219. The molecule has 3 amide bonds. The molecular weight excluding hydrogens is 290 g/mol. The van der Waals surface area contributed by atoms with E-state index in [9.17, 15) is 9.59 Å². The molecule has 2 rings (SSSR count). The number of nitrogens with zero attached hydrogens (tertiary/aromatic N) is 1. The third-order valence-electron chi connectivity index (χ3n) is 4.07. The molecule has 124 valence electrons. The summed E-state index contributed by atoms with van der Waals surface area (Å²) in [7, 11) is 0. The van der Waals surface area contributed by atoms with Crippen molar-refractivity contribution in [2.45, 2.75) is 32.1 Å². The molecule has 0 aromatic heterocycles. The maximum Gasteiger partial charge on any atom is 0.312 e. The second kappa shape index (κ2) is 8.98. The Bertz CT molecular complexity index is 555. The summed E-state index contributed by atoms with van der Waals surface area (Å²) in [6, 6.07) is 9.84. The zero-order valence-electron chi connectivity index (χ0n) is 13.5. The maximum atomic E-state index is 12.2. The molecule has 5 nitrogen and oxygen atoms in total. The van der Waals surface area contributed by atoms with Gasteiger partial charge < -0.3 is 16.0 Å². The first-order chi connectivity index (χ1) is 11.2. The number of urea groups is 1. The van der Waals surface area contributed by atoms with Crippen molar-refractivity contribution in [2.24, 2.45) is 5.73 Å². The third kappa shape index (κ3) is 5.77. The number of carbonyl (C=O) groups excluding carboxylic acids is 2. The summed E-state index contributed by atoms with van der Waals surface area (Å²) in [4.78, 5) is 24.6. The topological polar surface area (TPSA) is 75.4 Å². The van der Waals surface area contributed by atoms with Gasteiger partial charge in [-0.1, -0.05) is 42.8 Å². The minimum absolute atomic E-state index is 0.219. The maximum absolute atomic E-state index is 12.2. The van der Waals surface area contributed by atoms with Gasteiger partial charge in [-0.15, -0.1) is 0 Å². The van der Waals surface area contributed by atoms with Crippen LogP contribution in [0.25, 0.3) is 5.57 Å². The summed E-state index contributed by atoms with van der Waals surface area (Å²) in [5, 5.41) is 2.55. The summed E-state index contributed by atoms with van der Waals surface area (Å²) < 4.78 is 0. The molecule has 0 saturated heterocycles. The van der Waals surface area contributed by atoms with E-state index in [-0.39, 0.29) is 5.91 Å². The zero-order chi connectivity index (χ0) is 16.5. The third-order valence-corrected chi connectivity index (χ3v) is 4.07. The standard InChI is InChI=1S/C18H25N3O2/c19-18(23)20-12-6-2-5-9-17(22)21-13-10-16(11-14-21)15-7-3-1-4-8-15/h1,3-4,7-8,10H,2,5-6,9,11-14H2,(H3,19,20,23). The number of benzene rings is 1. The molecule has 0 unspecified atom stereocenters. The van der Waals surface area contributed by atoms with E-state index in [0.717, 1.165) is 32.2 Å². The molecule has 0 fully saturated rings. The van der Waals surface area contributed by atoms with Crippen LogP contribution in [0.1, 0.15) is 37.7 Å². The van der Waals surface area contributed by atoms with Gasteiger partial charge >= 0.3 is 6.03 Å². The predicted molar refractivity (Wildman–Crippen MR) is 91.7 cm³/mol. The van der Waals surface area contributed by atoms with E-state index in [1.165, 1.54) is 11.1 Å². The molecule has 0 aliphatic carbocycles. The van der Waals surface area contributed by atoms with Crippen molar-refractivity contribution in [3.8, 4) is 0 Å². The van der Waals surface area contributed by atoms with Crippen molar-refractivity contribution in [1.82, 2.24) is 10.2 Å². The number of hydrogen-bond acceptors (Lipinski definition) is 2. The molecule has 5 heteroatoms. The Morgan fingerprint density at radius 1 is 1.13 bits per heavy atom. The Hall–Kier alpha value is -2.30. The second-order valence-corrected chi connectivity index (χ2v) is 5.79. The summed E-state index contributed by atoms with van der Waals surface area (Å²) in [6.45, 7) is 2.07. The smallest absolute Gasteiger partial charge is 0.312 e. The summed E-state index contributed by atoms with van der Waals surface area (Å²) in [6.07, 6.45) is 6.28. The first kappa shape index (κ1) is 17.1. The van der Waals surface area contributed by atoms with Gasteiger partial charge in [-0.2, -0.15) is 0 Å². The lowest BCUT2D eigenvalue weighted by Gasteiger charge is -2.26. The minimum Gasteiger partial charge on any atom is -0.352 e. The molecule has 0 bridgehead atoms. The fourth-order valence-corrected chi connectivity index (χ4v) is 2.76. The van der Waals surface area contributed by atoms with Crippen LogP contribution < -0.4 is 11.1 Å². The molecule has 0 spiro atoms. The van der Waals surface area contributed by atoms with Crippen LogP contribution in [0.5, 0.6) is 0 Å². The molecule has 0 radical (unpaired) electrons. The Labute approximate surface area is 137 Å². The van der Waals surface area contributed by atoms with Crippen LogP contribution in [-0.2, 0) is 4.79 Å². The van der Waals surface area contributed by atoms with Crippen molar-refractivity contribution >= 4 is 17.5 Å². The lowest BCUT2D eigenvalue weighted by molar-refractivity contribution is -0.130. The van der Waals surface area contributed by atoms with Crippen molar-refractivity contribution in [2.75, 3.05) is 19.6 Å². The molecule has 1 aromatic rings. The molecule has 0 atom stereocenters. The molecule has 1 heterocycles. The van der Waals surface area contributed by atoms with Crippen molar-refractivity contribution < 1.29 is 9.59 Å². The van der Waals surface area contributed by atoms with Gasteiger partial charge in [-0.25, -0.2) is 4.79 Å². The van der Waals surface area contributed by atoms with Crippen molar-refractivity contribution in [3.63, 3.8) is 0 Å².